The Balaban J connectivity index is 1.79. The van der Waals surface area contributed by atoms with Gasteiger partial charge in [-0.25, -0.2) is 9.97 Å². The van der Waals surface area contributed by atoms with Crippen LogP contribution in [0.15, 0.2) is 42.9 Å². The minimum atomic E-state index is 0.614. The summed E-state index contributed by atoms with van der Waals surface area (Å²) in [5.74, 6) is 1.57. The summed E-state index contributed by atoms with van der Waals surface area (Å²) in [7, 11) is 0. The van der Waals surface area contributed by atoms with Gasteiger partial charge in [-0.05, 0) is 43.0 Å². The number of fused-ring (bicyclic) bond motifs is 1. The standard InChI is InChI=1S/C17H18N4O/c1-3-14(11-18-7-1)16-20-15-4-2-8-19-17(15)21(16)12-13-5-9-22-10-6-13/h1-4,7-8,11,13H,5-6,9-10,12H2. The lowest BCUT2D eigenvalue weighted by Crippen LogP contribution is -2.21. The molecule has 1 aliphatic heterocycles. The molecule has 3 aromatic rings. The Kier molecular flexibility index (Phi) is 3.56. The molecule has 112 valence electrons. The van der Waals surface area contributed by atoms with E-state index >= 15 is 0 Å². The minimum Gasteiger partial charge on any atom is -0.381 e. The molecular formula is C17H18N4O. The summed E-state index contributed by atoms with van der Waals surface area (Å²) in [5.41, 5.74) is 2.92. The van der Waals surface area contributed by atoms with Crippen molar-refractivity contribution in [3.05, 3.63) is 42.9 Å². The van der Waals surface area contributed by atoms with Crippen LogP contribution in [0, 0.1) is 5.92 Å². The Hall–Kier alpha value is -2.27. The summed E-state index contributed by atoms with van der Waals surface area (Å²) < 4.78 is 7.71. The molecule has 0 saturated carbocycles. The van der Waals surface area contributed by atoms with E-state index in [0.717, 1.165) is 55.2 Å². The van der Waals surface area contributed by atoms with Crippen LogP contribution < -0.4 is 0 Å². The highest BCUT2D eigenvalue weighted by Gasteiger charge is 2.19. The number of hydrogen-bond acceptors (Lipinski definition) is 4. The number of rotatable bonds is 3. The van der Waals surface area contributed by atoms with Crippen molar-refractivity contribution >= 4 is 11.2 Å². The van der Waals surface area contributed by atoms with Crippen molar-refractivity contribution in [3.63, 3.8) is 0 Å². The minimum absolute atomic E-state index is 0.614. The fourth-order valence-electron chi connectivity index (χ4n) is 3.03. The molecule has 1 fully saturated rings. The van der Waals surface area contributed by atoms with E-state index < -0.39 is 0 Å². The molecule has 5 nitrogen and oxygen atoms in total. The molecule has 0 unspecified atom stereocenters. The number of aromatic nitrogens is 4. The number of imidazole rings is 1. The zero-order valence-corrected chi connectivity index (χ0v) is 12.4. The van der Waals surface area contributed by atoms with Crippen molar-refractivity contribution in [2.75, 3.05) is 13.2 Å². The van der Waals surface area contributed by atoms with Crippen LogP contribution in [-0.4, -0.2) is 32.7 Å². The zero-order chi connectivity index (χ0) is 14.8. The average molecular weight is 294 g/mol. The first-order chi connectivity index (χ1) is 10.9. The number of ether oxygens (including phenoxy) is 1. The number of nitrogens with zero attached hydrogens (tertiary/aromatic N) is 4. The van der Waals surface area contributed by atoms with Crippen molar-refractivity contribution in [1.29, 1.82) is 0 Å². The van der Waals surface area contributed by atoms with Gasteiger partial charge >= 0.3 is 0 Å². The van der Waals surface area contributed by atoms with E-state index in [0.29, 0.717) is 5.92 Å². The lowest BCUT2D eigenvalue weighted by atomic mass is 10.0. The Morgan fingerprint density at radius 1 is 1.14 bits per heavy atom. The predicted octanol–water partition coefficient (Wildman–Crippen LogP) is 2.92. The Morgan fingerprint density at radius 2 is 2.00 bits per heavy atom. The van der Waals surface area contributed by atoms with Gasteiger partial charge in [0, 0.05) is 43.9 Å². The summed E-state index contributed by atoms with van der Waals surface area (Å²) in [6, 6.07) is 7.94. The molecule has 1 aliphatic rings. The second-order valence-electron chi connectivity index (χ2n) is 5.69. The van der Waals surface area contributed by atoms with Crippen molar-refractivity contribution in [1.82, 2.24) is 19.5 Å². The summed E-state index contributed by atoms with van der Waals surface area (Å²) in [4.78, 5) is 13.5. The lowest BCUT2D eigenvalue weighted by molar-refractivity contribution is 0.0617. The van der Waals surface area contributed by atoms with Crippen LogP contribution in [0.25, 0.3) is 22.6 Å². The molecule has 0 amide bonds. The molecule has 0 N–H and O–H groups in total. The molecule has 5 heteroatoms. The van der Waals surface area contributed by atoms with E-state index in [-0.39, 0.29) is 0 Å². The van der Waals surface area contributed by atoms with Crippen molar-refractivity contribution < 1.29 is 4.74 Å². The molecule has 4 heterocycles. The maximum absolute atomic E-state index is 5.47. The molecule has 3 aromatic heterocycles. The Bertz CT molecular complexity index is 763. The molecule has 0 atom stereocenters. The number of hydrogen-bond donors (Lipinski definition) is 0. The van der Waals surface area contributed by atoms with Gasteiger partial charge in [0.15, 0.2) is 5.65 Å². The van der Waals surface area contributed by atoms with Crippen LogP contribution in [-0.2, 0) is 11.3 Å². The van der Waals surface area contributed by atoms with Crippen molar-refractivity contribution in [3.8, 4) is 11.4 Å². The van der Waals surface area contributed by atoms with E-state index in [1.54, 1.807) is 6.20 Å². The summed E-state index contributed by atoms with van der Waals surface area (Å²) in [5, 5.41) is 0. The SMILES string of the molecule is c1cncc(-c2nc3cccnc3n2CC2CCOCC2)c1. The molecule has 22 heavy (non-hydrogen) atoms. The predicted molar refractivity (Wildman–Crippen MR) is 84.3 cm³/mol. The van der Waals surface area contributed by atoms with Gasteiger partial charge in [0.2, 0.25) is 0 Å². The highest BCUT2D eigenvalue weighted by molar-refractivity contribution is 5.76. The smallest absolute Gasteiger partial charge is 0.160 e. The van der Waals surface area contributed by atoms with Crippen LogP contribution in [0.3, 0.4) is 0 Å². The normalized spacial score (nSPS) is 16.2. The summed E-state index contributed by atoms with van der Waals surface area (Å²) >= 11 is 0. The zero-order valence-electron chi connectivity index (χ0n) is 12.4. The second-order valence-corrected chi connectivity index (χ2v) is 5.69. The third-order valence-corrected chi connectivity index (χ3v) is 4.21. The van der Waals surface area contributed by atoms with Crippen LogP contribution in [0.5, 0.6) is 0 Å². The molecule has 0 aliphatic carbocycles. The second kappa shape index (κ2) is 5.85. The fourth-order valence-corrected chi connectivity index (χ4v) is 3.03. The molecule has 1 saturated heterocycles. The molecule has 0 bridgehead atoms. The quantitative estimate of drug-likeness (QED) is 0.745. The van der Waals surface area contributed by atoms with E-state index in [1.165, 1.54) is 0 Å². The summed E-state index contributed by atoms with van der Waals surface area (Å²) in [6.07, 6.45) is 7.67. The first kappa shape index (κ1) is 13.4. The van der Waals surface area contributed by atoms with E-state index in [1.807, 2.05) is 30.6 Å². The Labute approximate surface area is 129 Å². The molecule has 0 radical (unpaired) electrons. The van der Waals surface area contributed by atoms with Gasteiger partial charge in [-0.2, -0.15) is 0 Å². The van der Waals surface area contributed by atoms with Crippen molar-refractivity contribution in [2.45, 2.75) is 19.4 Å². The monoisotopic (exact) mass is 294 g/mol. The van der Waals surface area contributed by atoms with Gasteiger partial charge in [0.1, 0.15) is 11.3 Å². The van der Waals surface area contributed by atoms with Gasteiger partial charge in [-0.1, -0.05) is 0 Å². The van der Waals surface area contributed by atoms with Gasteiger partial charge < -0.3 is 9.30 Å². The maximum atomic E-state index is 5.47. The van der Waals surface area contributed by atoms with E-state index in [2.05, 4.69) is 20.6 Å². The highest BCUT2D eigenvalue weighted by Crippen LogP contribution is 2.26. The van der Waals surface area contributed by atoms with Crippen molar-refractivity contribution in [2.24, 2.45) is 5.92 Å². The molecule has 4 rings (SSSR count). The fraction of sp³-hybridized carbons (Fsp3) is 0.353. The van der Waals surface area contributed by atoms with Crippen LogP contribution in [0.1, 0.15) is 12.8 Å². The van der Waals surface area contributed by atoms with Crippen LogP contribution >= 0.6 is 0 Å². The van der Waals surface area contributed by atoms with Gasteiger partial charge in [0.05, 0.1) is 0 Å². The van der Waals surface area contributed by atoms with Gasteiger partial charge in [-0.3, -0.25) is 4.98 Å². The average Bonchev–Trinajstić information content (AvgIpc) is 2.95. The summed E-state index contributed by atoms with van der Waals surface area (Å²) in [6.45, 7) is 2.64. The van der Waals surface area contributed by atoms with E-state index in [4.69, 9.17) is 9.72 Å². The molecular weight excluding hydrogens is 276 g/mol. The Morgan fingerprint density at radius 3 is 2.82 bits per heavy atom. The van der Waals surface area contributed by atoms with Crippen LogP contribution in [0.4, 0.5) is 0 Å². The van der Waals surface area contributed by atoms with Crippen LogP contribution in [0.2, 0.25) is 0 Å². The first-order valence-corrected chi connectivity index (χ1v) is 7.71. The third-order valence-electron chi connectivity index (χ3n) is 4.21. The highest BCUT2D eigenvalue weighted by atomic mass is 16.5. The molecule has 0 spiro atoms. The topological polar surface area (TPSA) is 52.8 Å². The van der Waals surface area contributed by atoms with E-state index in [9.17, 15) is 0 Å². The largest absolute Gasteiger partial charge is 0.381 e. The third kappa shape index (κ3) is 2.48. The lowest BCUT2D eigenvalue weighted by Gasteiger charge is -2.23. The van der Waals surface area contributed by atoms with Gasteiger partial charge in [-0.15, -0.1) is 0 Å². The molecule has 0 aromatic carbocycles. The maximum Gasteiger partial charge on any atom is 0.160 e. The van der Waals surface area contributed by atoms with Gasteiger partial charge in [0.25, 0.3) is 0 Å². The first-order valence-electron chi connectivity index (χ1n) is 7.71. The number of pyridine rings is 2.